The van der Waals surface area contributed by atoms with E-state index in [1.807, 2.05) is 13.1 Å². The summed E-state index contributed by atoms with van der Waals surface area (Å²) >= 11 is 1.72. The molecule has 134 valence electrons. The molecule has 1 saturated heterocycles. The Bertz CT molecular complexity index is 1000. The van der Waals surface area contributed by atoms with Crippen molar-refractivity contribution < 1.29 is 4.79 Å². The number of carbonyl (C=O) groups is 1. The number of aromatic amines is 1. The van der Waals surface area contributed by atoms with Gasteiger partial charge in [0.1, 0.15) is 0 Å². The maximum Gasteiger partial charge on any atom is 0.274 e. The Balaban J connectivity index is 1.58. The van der Waals surface area contributed by atoms with Crippen LogP contribution in [0.3, 0.4) is 0 Å². The monoisotopic (exact) mass is 366 g/mol. The number of nitrogens with one attached hydrogen (secondary N) is 1. The van der Waals surface area contributed by atoms with Crippen molar-refractivity contribution in [3.05, 3.63) is 53.1 Å². The Hall–Kier alpha value is -2.44. The van der Waals surface area contributed by atoms with E-state index in [0.717, 1.165) is 23.0 Å². The van der Waals surface area contributed by atoms with E-state index in [-0.39, 0.29) is 11.9 Å². The SMILES string of the molecule is C=C1CN(C)[C@@H]1CN(C)C(=O)c1n[nH]c2cc(-c3cc(C)cs3)ccc12. The van der Waals surface area contributed by atoms with Gasteiger partial charge in [-0.25, -0.2) is 0 Å². The molecule has 26 heavy (non-hydrogen) atoms. The zero-order valence-corrected chi connectivity index (χ0v) is 16.1. The number of H-pyrrole nitrogens is 1. The number of amides is 1. The molecule has 0 spiro atoms. The van der Waals surface area contributed by atoms with Crippen LogP contribution in [-0.2, 0) is 0 Å². The van der Waals surface area contributed by atoms with Crippen LogP contribution in [0.5, 0.6) is 0 Å². The third kappa shape index (κ3) is 2.85. The van der Waals surface area contributed by atoms with Crippen LogP contribution in [0.1, 0.15) is 16.1 Å². The zero-order valence-electron chi connectivity index (χ0n) is 15.2. The van der Waals surface area contributed by atoms with Crippen molar-refractivity contribution in [2.75, 3.05) is 27.2 Å². The lowest BCUT2D eigenvalue weighted by molar-refractivity contribution is 0.0724. The van der Waals surface area contributed by atoms with Gasteiger partial charge in [-0.3, -0.25) is 14.8 Å². The summed E-state index contributed by atoms with van der Waals surface area (Å²) < 4.78 is 0. The van der Waals surface area contributed by atoms with Gasteiger partial charge in [-0.1, -0.05) is 12.6 Å². The highest BCUT2D eigenvalue weighted by Crippen LogP contribution is 2.30. The Morgan fingerprint density at radius 2 is 2.27 bits per heavy atom. The van der Waals surface area contributed by atoms with Gasteiger partial charge >= 0.3 is 0 Å². The highest BCUT2D eigenvalue weighted by Gasteiger charge is 2.31. The van der Waals surface area contributed by atoms with Crippen LogP contribution in [-0.4, -0.2) is 59.1 Å². The van der Waals surface area contributed by atoms with Gasteiger partial charge in [0.2, 0.25) is 0 Å². The van der Waals surface area contributed by atoms with Crippen molar-refractivity contribution in [3.8, 4) is 10.4 Å². The molecule has 0 aliphatic carbocycles. The van der Waals surface area contributed by atoms with E-state index in [0.29, 0.717) is 12.2 Å². The van der Waals surface area contributed by atoms with Crippen LogP contribution >= 0.6 is 11.3 Å². The minimum absolute atomic E-state index is 0.0657. The lowest BCUT2D eigenvalue weighted by atomic mass is 9.98. The van der Waals surface area contributed by atoms with Gasteiger partial charge < -0.3 is 4.90 Å². The van der Waals surface area contributed by atoms with E-state index in [4.69, 9.17) is 0 Å². The largest absolute Gasteiger partial charge is 0.338 e. The summed E-state index contributed by atoms with van der Waals surface area (Å²) in [7, 11) is 3.88. The number of aryl methyl sites for hydroxylation is 1. The number of hydrogen-bond acceptors (Lipinski definition) is 4. The number of rotatable bonds is 4. The summed E-state index contributed by atoms with van der Waals surface area (Å²) in [6.45, 7) is 7.69. The highest BCUT2D eigenvalue weighted by molar-refractivity contribution is 7.13. The quantitative estimate of drug-likeness (QED) is 0.719. The molecule has 0 radical (unpaired) electrons. The number of carbonyl (C=O) groups excluding carboxylic acids is 1. The minimum atomic E-state index is -0.0657. The van der Waals surface area contributed by atoms with Crippen LogP contribution in [0.15, 0.2) is 41.8 Å². The number of aromatic nitrogens is 2. The average molecular weight is 366 g/mol. The average Bonchev–Trinajstić information content (AvgIpc) is 3.24. The first kappa shape index (κ1) is 17.0. The van der Waals surface area contributed by atoms with Gasteiger partial charge in [0.15, 0.2) is 5.69 Å². The Morgan fingerprint density at radius 3 is 2.92 bits per heavy atom. The molecule has 1 N–H and O–H groups in total. The molecular weight excluding hydrogens is 344 g/mol. The van der Waals surface area contributed by atoms with Gasteiger partial charge in [-0.05, 0) is 54.3 Å². The molecule has 1 fully saturated rings. The molecular formula is C20H22N4OS. The number of benzene rings is 1. The van der Waals surface area contributed by atoms with Crippen molar-refractivity contribution in [1.29, 1.82) is 0 Å². The third-order valence-corrected chi connectivity index (χ3v) is 6.13. The van der Waals surface area contributed by atoms with E-state index in [1.165, 1.54) is 16.0 Å². The van der Waals surface area contributed by atoms with Gasteiger partial charge in [0, 0.05) is 36.4 Å². The lowest BCUT2D eigenvalue weighted by Gasteiger charge is -2.42. The highest BCUT2D eigenvalue weighted by atomic mass is 32.1. The number of hydrogen-bond donors (Lipinski definition) is 1. The maximum atomic E-state index is 12.9. The van der Waals surface area contributed by atoms with E-state index in [9.17, 15) is 4.79 Å². The number of nitrogens with zero attached hydrogens (tertiary/aromatic N) is 3. The second kappa shape index (κ2) is 6.37. The van der Waals surface area contributed by atoms with Crippen molar-refractivity contribution in [3.63, 3.8) is 0 Å². The van der Waals surface area contributed by atoms with Crippen LogP contribution < -0.4 is 0 Å². The molecule has 1 aromatic carbocycles. The molecule has 3 aromatic rings. The smallest absolute Gasteiger partial charge is 0.274 e. The van der Waals surface area contributed by atoms with E-state index < -0.39 is 0 Å². The van der Waals surface area contributed by atoms with Gasteiger partial charge in [-0.2, -0.15) is 5.10 Å². The van der Waals surface area contributed by atoms with Crippen LogP contribution in [0.2, 0.25) is 0 Å². The molecule has 0 bridgehead atoms. The van der Waals surface area contributed by atoms with Crippen LogP contribution in [0.4, 0.5) is 0 Å². The van der Waals surface area contributed by atoms with E-state index >= 15 is 0 Å². The maximum absolute atomic E-state index is 12.9. The summed E-state index contributed by atoms with van der Waals surface area (Å²) in [4.78, 5) is 18.0. The fourth-order valence-corrected chi connectivity index (χ4v) is 4.34. The van der Waals surface area contributed by atoms with Crippen molar-refractivity contribution in [1.82, 2.24) is 20.0 Å². The zero-order chi connectivity index (χ0) is 18.4. The minimum Gasteiger partial charge on any atom is -0.338 e. The van der Waals surface area contributed by atoms with E-state index in [2.05, 4.69) is 59.2 Å². The summed E-state index contributed by atoms with van der Waals surface area (Å²) in [5.74, 6) is -0.0657. The first-order chi connectivity index (χ1) is 12.4. The molecule has 0 saturated carbocycles. The number of likely N-dealkylation sites (N-methyl/N-ethyl adjacent to an activating group) is 2. The van der Waals surface area contributed by atoms with Gasteiger partial charge in [0.25, 0.3) is 5.91 Å². The lowest BCUT2D eigenvalue weighted by Crippen LogP contribution is -2.53. The third-order valence-electron chi connectivity index (χ3n) is 5.03. The van der Waals surface area contributed by atoms with Gasteiger partial charge in [0.05, 0.1) is 5.52 Å². The summed E-state index contributed by atoms with van der Waals surface area (Å²) in [5.41, 5.74) is 4.93. The molecule has 0 unspecified atom stereocenters. The van der Waals surface area contributed by atoms with Crippen molar-refractivity contribution in [2.24, 2.45) is 0 Å². The van der Waals surface area contributed by atoms with E-state index in [1.54, 1.807) is 16.2 Å². The Morgan fingerprint density at radius 1 is 1.46 bits per heavy atom. The van der Waals surface area contributed by atoms with Crippen molar-refractivity contribution in [2.45, 2.75) is 13.0 Å². The molecule has 5 nitrogen and oxygen atoms in total. The normalized spacial score (nSPS) is 17.5. The molecule has 2 aromatic heterocycles. The molecule has 1 aliphatic rings. The van der Waals surface area contributed by atoms with Crippen LogP contribution in [0, 0.1) is 6.92 Å². The fraction of sp³-hybridized carbons (Fsp3) is 0.300. The topological polar surface area (TPSA) is 52.2 Å². The predicted molar refractivity (Wildman–Crippen MR) is 107 cm³/mol. The fourth-order valence-electron chi connectivity index (χ4n) is 3.45. The first-order valence-electron chi connectivity index (χ1n) is 8.61. The molecule has 6 heteroatoms. The standard InChI is InChI=1S/C20H22N4OS/c1-12-7-18(26-11-12)14-5-6-15-16(8-14)21-22-19(15)20(25)24(4)10-17-13(2)9-23(17)3/h5-8,11,17H,2,9-10H2,1,3-4H3,(H,21,22)/t17-/m1/s1. The molecule has 4 rings (SSSR count). The summed E-state index contributed by atoms with van der Waals surface area (Å²) in [6.07, 6.45) is 0. The van der Waals surface area contributed by atoms with Crippen molar-refractivity contribution >= 4 is 28.1 Å². The predicted octanol–water partition coefficient (Wildman–Crippen LogP) is 3.54. The summed E-state index contributed by atoms with van der Waals surface area (Å²) in [5, 5.41) is 10.3. The Kier molecular flexibility index (Phi) is 4.17. The second-order valence-corrected chi connectivity index (χ2v) is 8.01. The molecule has 1 aliphatic heterocycles. The summed E-state index contributed by atoms with van der Waals surface area (Å²) in [6, 6.07) is 8.51. The second-order valence-electron chi connectivity index (χ2n) is 7.10. The molecule has 3 heterocycles. The van der Waals surface area contributed by atoms with Gasteiger partial charge in [-0.15, -0.1) is 11.3 Å². The van der Waals surface area contributed by atoms with Crippen LogP contribution in [0.25, 0.3) is 21.3 Å². The Labute approximate surface area is 156 Å². The first-order valence-corrected chi connectivity index (χ1v) is 9.49. The number of thiophene rings is 1. The number of likely N-dealkylation sites (tertiary alicyclic amines) is 1. The molecule has 1 atom stereocenters. The molecule has 1 amide bonds. The number of fused-ring (bicyclic) bond motifs is 1.